The van der Waals surface area contributed by atoms with E-state index in [0.29, 0.717) is 6.54 Å². The van der Waals surface area contributed by atoms with E-state index in [1.54, 1.807) is 0 Å². The van der Waals surface area contributed by atoms with Gasteiger partial charge in [0.1, 0.15) is 0 Å². The Balaban J connectivity index is 1.38. The average molecular weight is 367 g/mol. The number of aromatic nitrogens is 1. The largest absolute Gasteiger partial charge is 0.374 e. The number of hydrogen-bond acceptors (Lipinski definition) is 3. The maximum Gasteiger partial charge on any atom is 0.253 e. The van der Waals surface area contributed by atoms with Crippen molar-refractivity contribution in [3.05, 3.63) is 58.9 Å². The molecule has 1 saturated carbocycles. The lowest BCUT2D eigenvalue weighted by Gasteiger charge is -2.33. The number of carbonyl (C=O) groups is 1. The van der Waals surface area contributed by atoms with E-state index in [9.17, 15) is 4.79 Å². The molecule has 1 aliphatic heterocycles. The lowest BCUT2D eigenvalue weighted by molar-refractivity contribution is -0.0293. The van der Waals surface area contributed by atoms with Crippen LogP contribution in [-0.2, 0) is 11.3 Å². The third-order valence-corrected chi connectivity index (χ3v) is 5.73. The summed E-state index contributed by atoms with van der Waals surface area (Å²) in [4.78, 5) is 15.3. The molecule has 1 atom stereocenters. The van der Waals surface area contributed by atoms with Crippen LogP contribution in [0, 0.1) is 13.8 Å². The van der Waals surface area contributed by atoms with Gasteiger partial charge in [0.15, 0.2) is 0 Å². The van der Waals surface area contributed by atoms with Gasteiger partial charge < -0.3 is 14.6 Å². The first-order valence-corrected chi connectivity index (χ1v) is 9.96. The molecule has 1 aromatic carbocycles. The number of morpholine rings is 1. The zero-order chi connectivity index (χ0) is 18.8. The van der Waals surface area contributed by atoms with E-state index in [0.717, 1.165) is 49.2 Å². The van der Waals surface area contributed by atoms with Gasteiger partial charge in [-0.1, -0.05) is 30.3 Å². The summed E-state index contributed by atoms with van der Waals surface area (Å²) in [5.74, 6) is -0.00504. The normalized spacial score (nSPS) is 20.6. The summed E-state index contributed by atoms with van der Waals surface area (Å²) in [5.41, 5.74) is 4.12. The van der Waals surface area contributed by atoms with Gasteiger partial charge in [-0.05, 0) is 38.3 Å². The predicted molar refractivity (Wildman–Crippen MR) is 106 cm³/mol. The Morgan fingerprint density at radius 3 is 2.74 bits per heavy atom. The van der Waals surface area contributed by atoms with Gasteiger partial charge in [-0.25, -0.2) is 0 Å². The Kier molecular flexibility index (Phi) is 5.32. The van der Waals surface area contributed by atoms with Crippen molar-refractivity contribution < 1.29 is 9.53 Å². The molecule has 5 nitrogen and oxygen atoms in total. The van der Waals surface area contributed by atoms with Crippen molar-refractivity contribution in [1.29, 1.82) is 0 Å². The van der Waals surface area contributed by atoms with Crippen molar-refractivity contribution >= 4 is 5.91 Å². The molecule has 1 N–H and O–H groups in total. The van der Waals surface area contributed by atoms with E-state index >= 15 is 0 Å². The fourth-order valence-electron chi connectivity index (χ4n) is 3.98. The Labute approximate surface area is 161 Å². The highest BCUT2D eigenvalue weighted by atomic mass is 16.5. The van der Waals surface area contributed by atoms with E-state index < -0.39 is 0 Å². The standard InChI is InChI=1S/C22H29N3O2/c1-16-12-21(17(2)25(16)14-18-6-4-3-5-7-18)22(26)23-13-20-15-24(10-11-27-20)19-8-9-19/h3-7,12,19-20H,8-11,13-15H2,1-2H3,(H,23,26). The van der Waals surface area contributed by atoms with Crippen LogP contribution in [-0.4, -0.2) is 53.8 Å². The lowest BCUT2D eigenvalue weighted by atomic mass is 10.2. The number of nitrogens with zero attached hydrogens (tertiary/aromatic N) is 2. The fraction of sp³-hybridized carbons (Fsp3) is 0.500. The van der Waals surface area contributed by atoms with Crippen LogP contribution in [0.1, 0.15) is 40.2 Å². The van der Waals surface area contributed by atoms with Crippen LogP contribution in [0.5, 0.6) is 0 Å². The number of benzene rings is 1. The molecular weight excluding hydrogens is 338 g/mol. The first-order chi connectivity index (χ1) is 13.1. The second kappa shape index (κ2) is 7.87. The Morgan fingerprint density at radius 1 is 1.22 bits per heavy atom. The van der Waals surface area contributed by atoms with E-state index in [-0.39, 0.29) is 12.0 Å². The molecule has 0 radical (unpaired) electrons. The smallest absolute Gasteiger partial charge is 0.253 e. The molecule has 1 saturated heterocycles. The average Bonchev–Trinajstić information content (AvgIpc) is 3.50. The monoisotopic (exact) mass is 367 g/mol. The molecule has 1 unspecified atom stereocenters. The molecular formula is C22H29N3O2. The van der Waals surface area contributed by atoms with Gasteiger partial charge in [0, 0.05) is 43.6 Å². The first-order valence-electron chi connectivity index (χ1n) is 9.96. The van der Waals surface area contributed by atoms with Gasteiger partial charge in [0.25, 0.3) is 5.91 Å². The van der Waals surface area contributed by atoms with Gasteiger partial charge in [0.05, 0.1) is 18.3 Å². The predicted octanol–water partition coefficient (Wildman–Crippen LogP) is 2.75. The minimum absolute atomic E-state index is 0.00504. The SMILES string of the molecule is Cc1cc(C(=O)NCC2CN(C3CC3)CCO2)c(C)n1Cc1ccccc1. The summed E-state index contributed by atoms with van der Waals surface area (Å²) < 4.78 is 8.05. The van der Waals surface area contributed by atoms with E-state index in [1.807, 2.05) is 31.2 Å². The highest BCUT2D eigenvalue weighted by Gasteiger charge is 2.33. The number of rotatable bonds is 6. The van der Waals surface area contributed by atoms with Crippen LogP contribution in [0.15, 0.2) is 36.4 Å². The van der Waals surface area contributed by atoms with Crippen molar-refractivity contribution in [2.45, 2.75) is 45.4 Å². The molecule has 0 bridgehead atoms. The maximum absolute atomic E-state index is 12.8. The molecule has 2 fully saturated rings. The molecule has 2 aromatic rings. The van der Waals surface area contributed by atoms with E-state index in [1.165, 1.54) is 18.4 Å². The van der Waals surface area contributed by atoms with Crippen LogP contribution in [0.25, 0.3) is 0 Å². The quantitative estimate of drug-likeness (QED) is 0.854. The number of carbonyl (C=O) groups excluding carboxylic acids is 1. The van der Waals surface area contributed by atoms with Crippen LogP contribution in [0.4, 0.5) is 0 Å². The van der Waals surface area contributed by atoms with Crippen molar-refractivity contribution in [1.82, 2.24) is 14.8 Å². The Morgan fingerprint density at radius 2 is 2.00 bits per heavy atom. The number of ether oxygens (including phenoxy) is 1. The van der Waals surface area contributed by atoms with Crippen molar-refractivity contribution in [3.8, 4) is 0 Å². The third kappa shape index (κ3) is 4.25. The number of hydrogen-bond donors (Lipinski definition) is 1. The summed E-state index contributed by atoms with van der Waals surface area (Å²) >= 11 is 0. The maximum atomic E-state index is 12.8. The van der Waals surface area contributed by atoms with Gasteiger partial charge in [-0.3, -0.25) is 9.69 Å². The Hall–Kier alpha value is -2.11. The van der Waals surface area contributed by atoms with Crippen LogP contribution in [0.3, 0.4) is 0 Å². The lowest BCUT2D eigenvalue weighted by Crippen LogP contribution is -2.48. The van der Waals surface area contributed by atoms with E-state index in [2.05, 4.69) is 33.8 Å². The molecule has 5 heteroatoms. The van der Waals surface area contributed by atoms with Crippen LogP contribution < -0.4 is 5.32 Å². The summed E-state index contributed by atoms with van der Waals surface area (Å²) in [6.07, 6.45) is 2.72. The minimum atomic E-state index is -0.00504. The van der Waals surface area contributed by atoms with Gasteiger partial charge in [-0.2, -0.15) is 0 Å². The molecule has 27 heavy (non-hydrogen) atoms. The summed E-state index contributed by atoms with van der Waals surface area (Å²) in [5, 5.41) is 3.09. The minimum Gasteiger partial charge on any atom is -0.374 e. The van der Waals surface area contributed by atoms with Crippen LogP contribution in [0.2, 0.25) is 0 Å². The first kappa shape index (κ1) is 18.3. The summed E-state index contributed by atoms with van der Waals surface area (Å²) in [6, 6.07) is 13.1. The molecule has 0 spiro atoms. The topological polar surface area (TPSA) is 46.5 Å². The number of nitrogens with one attached hydrogen (secondary N) is 1. The van der Waals surface area contributed by atoms with E-state index in [4.69, 9.17) is 4.74 Å². The molecule has 1 aliphatic carbocycles. The Bertz CT molecular complexity index is 795. The molecule has 2 aliphatic rings. The van der Waals surface area contributed by atoms with Crippen molar-refractivity contribution in [2.24, 2.45) is 0 Å². The fourth-order valence-corrected chi connectivity index (χ4v) is 3.98. The molecule has 1 aromatic heterocycles. The second-order valence-electron chi connectivity index (χ2n) is 7.79. The van der Waals surface area contributed by atoms with Crippen LogP contribution >= 0.6 is 0 Å². The summed E-state index contributed by atoms with van der Waals surface area (Å²) in [6.45, 7) is 8.16. The summed E-state index contributed by atoms with van der Waals surface area (Å²) in [7, 11) is 0. The van der Waals surface area contributed by atoms with Crippen molar-refractivity contribution in [2.75, 3.05) is 26.2 Å². The molecule has 4 rings (SSSR count). The van der Waals surface area contributed by atoms with Gasteiger partial charge in [-0.15, -0.1) is 0 Å². The number of aryl methyl sites for hydroxylation is 1. The van der Waals surface area contributed by atoms with Crippen molar-refractivity contribution in [3.63, 3.8) is 0 Å². The zero-order valence-electron chi connectivity index (χ0n) is 16.3. The van der Waals surface area contributed by atoms with Gasteiger partial charge in [0.2, 0.25) is 0 Å². The highest BCUT2D eigenvalue weighted by Crippen LogP contribution is 2.28. The third-order valence-electron chi connectivity index (χ3n) is 5.73. The molecule has 1 amide bonds. The highest BCUT2D eigenvalue weighted by molar-refractivity contribution is 5.95. The second-order valence-corrected chi connectivity index (χ2v) is 7.79. The molecule has 2 heterocycles. The zero-order valence-corrected chi connectivity index (χ0v) is 16.3. The van der Waals surface area contributed by atoms with Gasteiger partial charge >= 0.3 is 0 Å². The molecule has 144 valence electrons. The number of amides is 1.